The zero-order valence-electron chi connectivity index (χ0n) is 15.9. The molecular formula is C20H18FN5O3S. The lowest BCUT2D eigenvalue weighted by Gasteiger charge is -2.13. The molecule has 8 nitrogen and oxygen atoms in total. The van der Waals surface area contributed by atoms with Crippen molar-refractivity contribution in [1.29, 1.82) is 0 Å². The second-order valence-corrected chi connectivity index (χ2v) is 8.06. The van der Waals surface area contributed by atoms with Crippen LogP contribution in [0.3, 0.4) is 0 Å². The Labute approximate surface area is 172 Å². The number of aromatic nitrogens is 3. The largest absolute Gasteiger partial charge is 0.496 e. The Morgan fingerprint density at radius 2 is 1.90 bits per heavy atom. The molecule has 154 valence electrons. The van der Waals surface area contributed by atoms with Crippen LogP contribution in [0, 0.1) is 5.82 Å². The number of methoxy groups -OCH3 is 1. The van der Waals surface area contributed by atoms with E-state index in [4.69, 9.17) is 9.88 Å². The standard InChI is InChI=1S/C20H18FN5O3S/c1-29-18-4-2-3-17(21)16(18)11-23-19-10-9-15(20-25-24-12-26(19)20)13-5-7-14(8-6-13)30(22,27)28/h2-10,12,23H,11H2,1H3,(H2,22,27,28). The van der Waals surface area contributed by atoms with Crippen LogP contribution >= 0.6 is 0 Å². The molecule has 0 aliphatic heterocycles. The number of primary sulfonamides is 1. The Morgan fingerprint density at radius 3 is 2.60 bits per heavy atom. The van der Waals surface area contributed by atoms with Gasteiger partial charge < -0.3 is 10.1 Å². The zero-order valence-corrected chi connectivity index (χ0v) is 16.7. The van der Waals surface area contributed by atoms with Crippen molar-refractivity contribution in [3.63, 3.8) is 0 Å². The molecule has 10 heteroatoms. The summed E-state index contributed by atoms with van der Waals surface area (Å²) in [6.07, 6.45) is 1.54. The summed E-state index contributed by atoms with van der Waals surface area (Å²) >= 11 is 0. The molecule has 0 saturated heterocycles. The molecule has 2 aromatic heterocycles. The van der Waals surface area contributed by atoms with E-state index in [1.54, 1.807) is 35.0 Å². The highest BCUT2D eigenvalue weighted by molar-refractivity contribution is 7.89. The Kier molecular flexibility index (Phi) is 5.10. The molecule has 0 aliphatic rings. The van der Waals surface area contributed by atoms with E-state index < -0.39 is 10.0 Å². The number of nitrogens with one attached hydrogen (secondary N) is 1. The minimum absolute atomic E-state index is 0.0286. The van der Waals surface area contributed by atoms with Crippen molar-refractivity contribution >= 4 is 21.5 Å². The molecule has 0 unspecified atom stereocenters. The van der Waals surface area contributed by atoms with Gasteiger partial charge in [-0.15, -0.1) is 10.2 Å². The first-order chi connectivity index (χ1) is 14.4. The maximum Gasteiger partial charge on any atom is 0.238 e. The van der Waals surface area contributed by atoms with E-state index in [0.717, 1.165) is 11.1 Å². The second kappa shape index (κ2) is 7.73. The number of nitrogens with two attached hydrogens (primary N) is 1. The van der Waals surface area contributed by atoms with Crippen LogP contribution in [0.15, 0.2) is 65.8 Å². The second-order valence-electron chi connectivity index (χ2n) is 6.50. The highest BCUT2D eigenvalue weighted by Crippen LogP contribution is 2.28. The van der Waals surface area contributed by atoms with Crippen molar-refractivity contribution < 1.29 is 17.5 Å². The molecule has 30 heavy (non-hydrogen) atoms. The van der Waals surface area contributed by atoms with Crippen LogP contribution < -0.4 is 15.2 Å². The number of rotatable bonds is 6. The highest BCUT2D eigenvalue weighted by Gasteiger charge is 2.14. The molecule has 2 aromatic carbocycles. The highest BCUT2D eigenvalue weighted by atomic mass is 32.2. The van der Waals surface area contributed by atoms with Crippen LogP contribution in [0.5, 0.6) is 5.75 Å². The predicted molar refractivity (Wildman–Crippen MR) is 110 cm³/mol. The summed E-state index contributed by atoms with van der Waals surface area (Å²) in [6.45, 7) is 0.200. The van der Waals surface area contributed by atoms with Gasteiger partial charge in [0.25, 0.3) is 0 Å². The number of hydrogen-bond acceptors (Lipinski definition) is 6. The SMILES string of the molecule is COc1cccc(F)c1CNc1ccc(-c2ccc(S(N)(=O)=O)cc2)c2nncn12. The number of fused-ring (bicyclic) bond motifs is 1. The third-order valence-electron chi connectivity index (χ3n) is 4.69. The minimum Gasteiger partial charge on any atom is -0.496 e. The Hall–Kier alpha value is -3.50. The van der Waals surface area contributed by atoms with Crippen LogP contribution in [0.1, 0.15) is 5.56 Å². The summed E-state index contributed by atoms with van der Waals surface area (Å²) < 4.78 is 44.1. The number of halogens is 1. The van der Waals surface area contributed by atoms with Gasteiger partial charge in [0.1, 0.15) is 23.7 Å². The van der Waals surface area contributed by atoms with Crippen LogP contribution in [0.25, 0.3) is 16.8 Å². The third-order valence-corrected chi connectivity index (χ3v) is 5.62. The van der Waals surface area contributed by atoms with Crippen LogP contribution in [0.4, 0.5) is 10.2 Å². The molecule has 3 N–H and O–H groups in total. The Bertz CT molecular complexity index is 1320. The van der Waals surface area contributed by atoms with Gasteiger partial charge in [-0.1, -0.05) is 18.2 Å². The van der Waals surface area contributed by atoms with E-state index in [1.807, 2.05) is 12.1 Å². The molecule has 0 radical (unpaired) electrons. The van der Waals surface area contributed by atoms with Crippen molar-refractivity contribution in [1.82, 2.24) is 14.6 Å². The fourth-order valence-electron chi connectivity index (χ4n) is 3.19. The van der Waals surface area contributed by atoms with Crippen molar-refractivity contribution in [2.75, 3.05) is 12.4 Å². The summed E-state index contributed by atoms with van der Waals surface area (Å²) in [4.78, 5) is 0.0286. The molecule has 0 atom stereocenters. The first-order valence-corrected chi connectivity index (χ1v) is 10.4. The minimum atomic E-state index is -3.77. The van der Waals surface area contributed by atoms with Crippen molar-refractivity contribution in [2.45, 2.75) is 11.4 Å². The van der Waals surface area contributed by atoms with Crippen molar-refractivity contribution in [2.24, 2.45) is 5.14 Å². The van der Waals surface area contributed by atoms with Gasteiger partial charge in [-0.3, -0.25) is 4.40 Å². The fraction of sp³-hybridized carbons (Fsp3) is 0.100. The van der Waals surface area contributed by atoms with E-state index in [-0.39, 0.29) is 17.3 Å². The van der Waals surface area contributed by atoms with E-state index in [2.05, 4.69) is 15.5 Å². The summed E-state index contributed by atoms with van der Waals surface area (Å²) in [5, 5.41) is 16.5. The van der Waals surface area contributed by atoms with Gasteiger partial charge in [-0.25, -0.2) is 17.9 Å². The van der Waals surface area contributed by atoms with Crippen molar-refractivity contribution in [3.05, 3.63) is 72.3 Å². The van der Waals surface area contributed by atoms with Gasteiger partial charge in [-0.2, -0.15) is 0 Å². The molecular weight excluding hydrogens is 409 g/mol. The van der Waals surface area contributed by atoms with Gasteiger partial charge in [0, 0.05) is 17.7 Å². The van der Waals surface area contributed by atoms with Gasteiger partial charge in [0.15, 0.2) is 5.65 Å². The van der Waals surface area contributed by atoms with Crippen molar-refractivity contribution in [3.8, 4) is 16.9 Å². The summed E-state index contributed by atoms with van der Waals surface area (Å²) in [7, 11) is -2.27. The molecule has 2 heterocycles. The topological polar surface area (TPSA) is 112 Å². The summed E-state index contributed by atoms with van der Waals surface area (Å²) in [5.74, 6) is 0.743. The molecule has 0 amide bonds. The lowest BCUT2D eigenvalue weighted by atomic mass is 10.1. The first-order valence-electron chi connectivity index (χ1n) is 8.89. The Balaban J connectivity index is 1.67. The lowest BCUT2D eigenvalue weighted by molar-refractivity contribution is 0.405. The molecule has 0 fully saturated rings. The number of sulfonamides is 1. The number of pyridine rings is 1. The fourth-order valence-corrected chi connectivity index (χ4v) is 3.70. The average Bonchev–Trinajstić information content (AvgIpc) is 3.22. The lowest BCUT2D eigenvalue weighted by Crippen LogP contribution is -2.11. The van der Waals surface area contributed by atoms with Gasteiger partial charge in [0.2, 0.25) is 10.0 Å². The van der Waals surface area contributed by atoms with E-state index in [1.165, 1.54) is 25.3 Å². The number of ether oxygens (including phenoxy) is 1. The zero-order chi connectivity index (χ0) is 21.3. The molecule has 4 rings (SSSR count). The maximum absolute atomic E-state index is 14.2. The number of benzene rings is 2. The number of hydrogen-bond donors (Lipinski definition) is 2. The van der Waals surface area contributed by atoms with Crippen LogP contribution in [-0.2, 0) is 16.6 Å². The molecule has 0 spiro atoms. The monoisotopic (exact) mass is 427 g/mol. The average molecular weight is 427 g/mol. The summed E-state index contributed by atoms with van der Waals surface area (Å²) in [5.41, 5.74) is 2.47. The maximum atomic E-state index is 14.2. The smallest absolute Gasteiger partial charge is 0.238 e. The van der Waals surface area contributed by atoms with Crippen LogP contribution in [0.2, 0.25) is 0 Å². The predicted octanol–water partition coefficient (Wildman–Crippen LogP) is 2.80. The van der Waals surface area contributed by atoms with E-state index in [9.17, 15) is 12.8 Å². The van der Waals surface area contributed by atoms with Gasteiger partial charge >= 0.3 is 0 Å². The molecule has 0 bridgehead atoms. The quantitative estimate of drug-likeness (QED) is 0.489. The molecule has 4 aromatic rings. The number of nitrogens with zero attached hydrogens (tertiary/aromatic N) is 3. The van der Waals surface area contributed by atoms with Crippen LogP contribution in [-0.4, -0.2) is 30.1 Å². The van der Waals surface area contributed by atoms with E-state index in [0.29, 0.717) is 22.8 Å². The number of anilines is 1. The first kappa shape index (κ1) is 19.8. The van der Waals surface area contributed by atoms with Gasteiger partial charge in [-0.05, 0) is 42.0 Å². The molecule has 0 saturated carbocycles. The normalized spacial score (nSPS) is 11.6. The molecule has 0 aliphatic carbocycles. The Morgan fingerprint density at radius 1 is 1.13 bits per heavy atom. The third kappa shape index (κ3) is 3.70. The van der Waals surface area contributed by atoms with Gasteiger partial charge in [0.05, 0.1) is 12.0 Å². The summed E-state index contributed by atoms with van der Waals surface area (Å²) in [6, 6.07) is 14.5. The van der Waals surface area contributed by atoms with E-state index >= 15 is 0 Å².